The molecule has 2 rings (SSSR count). The molecule has 0 bridgehead atoms. The van der Waals surface area contributed by atoms with E-state index < -0.39 is 12.3 Å². The molecular formula is C9H13F3N4. The summed E-state index contributed by atoms with van der Waals surface area (Å²) in [6, 6.07) is 0. The van der Waals surface area contributed by atoms with Gasteiger partial charge in [0.05, 0.1) is 6.54 Å². The first-order valence-electron chi connectivity index (χ1n) is 5.02. The van der Waals surface area contributed by atoms with Crippen LogP contribution in [0, 0.1) is 0 Å². The Morgan fingerprint density at radius 2 is 2.25 bits per heavy atom. The Bertz CT molecular complexity index is 334. The summed E-state index contributed by atoms with van der Waals surface area (Å²) in [5.41, 5.74) is 6.67. The van der Waals surface area contributed by atoms with E-state index in [-0.39, 0.29) is 6.54 Å². The lowest BCUT2D eigenvalue weighted by molar-refractivity contribution is -0.177. The molecule has 0 amide bonds. The van der Waals surface area contributed by atoms with Gasteiger partial charge < -0.3 is 10.6 Å². The van der Waals surface area contributed by atoms with Crippen LogP contribution in [0.25, 0.3) is 0 Å². The topological polar surface area (TPSA) is 53.6 Å². The van der Waals surface area contributed by atoms with Crippen molar-refractivity contribution in [1.29, 1.82) is 0 Å². The normalized spacial score (nSPS) is 26.7. The van der Waals surface area contributed by atoms with Crippen LogP contribution in [0.3, 0.4) is 0 Å². The molecule has 1 saturated heterocycles. The van der Waals surface area contributed by atoms with E-state index in [9.17, 15) is 13.2 Å². The Morgan fingerprint density at radius 1 is 1.50 bits per heavy atom. The molecule has 2 aliphatic rings. The Kier molecular flexibility index (Phi) is 2.79. The van der Waals surface area contributed by atoms with Crippen molar-refractivity contribution in [2.24, 2.45) is 10.7 Å². The van der Waals surface area contributed by atoms with E-state index in [0.29, 0.717) is 30.9 Å². The monoisotopic (exact) mass is 234 g/mol. The van der Waals surface area contributed by atoms with Gasteiger partial charge in [-0.05, 0) is 0 Å². The van der Waals surface area contributed by atoms with Crippen LogP contribution in [-0.4, -0.2) is 43.1 Å². The maximum Gasteiger partial charge on any atom is 0.422 e. The lowest BCUT2D eigenvalue weighted by Gasteiger charge is -2.31. The fourth-order valence-electron chi connectivity index (χ4n) is 1.98. The molecule has 7 heteroatoms. The van der Waals surface area contributed by atoms with E-state index in [1.807, 2.05) is 0 Å². The number of dihydropyridines is 1. The number of nitrogens with one attached hydrogen (secondary N) is 1. The summed E-state index contributed by atoms with van der Waals surface area (Å²) in [4.78, 5) is 5.22. The van der Waals surface area contributed by atoms with Crippen molar-refractivity contribution in [3.63, 3.8) is 0 Å². The molecule has 1 fully saturated rings. The van der Waals surface area contributed by atoms with Crippen LogP contribution in [-0.2, 0) is 0 Å². The first-order valence-corrected chi connectivity index (χ1v) is 5.02. The van der Waals surface area contributed by atoms with Crippen LogP contribution in [0.5, 0.6) is 0 Å². The average molecular weight is 234 g/mol. The quantitative estimate of drug-likeness (QED) is 0.691. The van der Waals surface area contributed by atoms with Crippen molar-refractivity contribution in [3.05, 3.63) is 11.4 Å². The van der Waals surface area contributed by atoms with Crippen molar-refractivity contribution < 1.29 is 13.2 Å². The van der Waals surface area contributed by atoms with E-state index in [2.05, 4.69) is 10.3 Å². The highest BCUT2D eigenvalue weighted by molar-refractivity contribution is 5.63. The highest BCUT2D eigenvalue weighted by Crippen LogP contribution is 2.29. The van der Waals surface area contributed by atoms with Gasteiger partial charge in [0.15, 0.2) is 6.17 Å². The van der Waals surface area contributed by atoms with Crippen LogP contribution in [0.4, 0.5) is 13.2 Å². The van der Waals surface area contributed by atoms with Gasteiger partial charge in [0.25, 0.3) is 0 Å². The second-order valence-corrected chi connectivity index (χ2v) is 3.79. The minimum atomic E-state index is -4.28. The third-order valence-electron chi connectivity index (χ3n) is 2.70. The zero-order chi connectivity index (χ0) is 11.8. The summed E-state index contributed by atoms with van der Waals surface area (Å²) >= 11 is 0. The highest BCUT2D eigenvalue weighted by Gasteiger charge is 2.47. The fourth-order valence-corrected chi connectivity index (χ4v) is 1.98. The van der Waals surface area contributed by atoms with E-state index in [0.717, 1.165) is 0 Å². The molecule has 90 valence electrons. The van der Waals surface area contributed by atoms with Gasteiger partial charge in [-0.15, -0.1) is 0 Å². The number of nitrogens with zero attached hydrogens (tertiary/aromatic N) is 2. The number of allylic oxidation sites excluding steroid dienone is 1. The molecule has 16 heavy (non-hydrogen) atoms. The minimum absolute atomic E-state index is 0.288. The number of alkyl halides is 3. The van der Waals surface area contributed by atoms with Crippen LogP contribution < -0.4 is 11.1 Å². The number of hydrogen-bond donors (Lipinski definition) is 2. The predicted octanol–water partition coefficient (Wildman–Crippen LogP) is 0.425. The van der Waals surface area contributed by atoms with Crippen molar-refractivity contribution in [3.8, 4) is 0 Å². The van der Waals surface area contributed by atoms with Gasteiger partial charge in [0.2, 0.25) is 0 Å². The van der Waals surface area contributed by atoms with Crippen LogP contribution in [0.2, 0.25) is 0 Å². The molecule has 1 unspecified atom stereocenters. The summed E-state index contributed by atoms with van der Waals surface area (Å²) in [6.45, 7) is 0.933. The fraction of sp³-hybridized carbons (Fsp3) is 0.667. The summed E-state index contributed by atoms with van der Waals surface area (Å²) in [7, 11) is 0. The molecule has 0 radical (unpaired) electrons. The Hall–Kier alpha value is -1.24. The average Bonchev–Trinajstić information content (AvgIpc) is 2.66. The highest BCUT2D eigenvalue weighted by atomic mass is 19.4. The molecule has 0 aromatic rings. The summed E-state index contributed by atoms with van der Waals surface area (Å²) in [6.07, 6.45) is -3.91. The van der Waals surface area contributed by atoms with Crippen molar-refractivity contribution >= 4 is 6.21 Å². The van der Waals surface area contributed by atoms with Crippen LogP contribution >= 0.6 is 0 Å². The van der Waals surface area contributed by atoms with E-state index >= 15 is 0 Å². The second kappa shape index (κ2) is 3.97. The molecule has 3 N–H and O–H groups in total. The number of rotatable bonds is 1. The Morgan fingerprint density at radius 3 is 2.88 bits per heavy atom. The summed E-state index contributed by atoms with van der Waals surface area (Å²) < 4.78 is 38.1. The second-order valence-electron chi connectivity index (χ2n) is 3.79. The van der Waals surface area contributed by atoms with E-state index in [4.69, 9.17) is 5.73 Å². The number of nitrogens with two attached hydrogens (primary N) is 1. The molecule has 0 saturated carbocycles. The molecule has 2 aliphatic heterocycles. The number of halogens is 3. The summed E-state index contributed by atoms with van der Waals surface area (Å²) in [5.74, 6) is 0. The lowest BCUT2D eigenvalue weighted by atomic mass is 10.2. The zero-order valence-electron chi connectivity index (χ0n) is 8.59. The van der Waals surface area contributed by atoms with Gasteiger partial charge in [0.1, 0.15) is 0 Å². The maximum atomic E-state index is 12.7. The first-order chi connectivity index (χ1) is 7.50. The summed E-state index contributed by atoms with van der Waals surface area (Å²) in [5, 5.41) is 2.43. The van der Waals surface area contributed by atoms with Gasteiger partial charge in [-0.1, -0.05) is 0 Å². The van der Waals surface area contributed by atoms with Gasteiger partial charge in [0, 0.05) is 37.1 Å². The standard InChI is InChI=1S/C9H13F3N4/c10-9(11,12)8-15-3-4-16(8)7-1-2-14-5-6(7)13/h2,8,15H,1,3-5,13H2. The molecule has 0 spiro atoms. The van der Waals surface area contributed by atoms with Gasteiger partial charge in [-0.2, -0.15) is 13.2 Å². The number of aliphatic imine (C=N–C) groups is 1. The molecular weight excluding hydrogens is 221 g/mol. The van der Waals surface area contributed by atoms with Crippen LogP contribution in [0.15, 0.2) is 16.4 Å². The smallest absolute Gasteiger partial charge is 0.399 e. The molecule has 0 aliphatic carbocycles. The van der Waals surface area contributed by atoms with E-state index in [1.165, 1.54) is 4.90 Å². The molecule has 1 atom stereocenters. The van der Waals surface area contributed by atoms with Gasteiger partial charge in [-0.3, -0.25) is 10.3 Å². The van der Waals surface area contributed by atoms with Gasteiger partial charge in [-0.25, -0.2) is 0 Å². The van der Waals surface area contributed by atoms with Crippen molar-refractivity contribution in [1.82, 2.24) is 10.2 Å². The minimum Gasteiger partial charge on any atom is -0.399 e. The zero-order valence-corrected chi connectivity index (χ0v) is 8.59. The SMILES string of the molecule is NC1=C(N2CCNC2C(F)(F)F)CC=NC1. The van der Waals surface area contributed by atoms with E-state index in [1.54, 1.807) is 6.21 Å². The Labute approximate surface area is 91.0 Å². The third-order valence-corrected chi connectivity index (χ3v) is 2.70. The van der Waals surface area contributed by atoms with Crippen LogP contribution in [0.1, 0.15) is 6.42 Å². The molecule has 0 aromatic carbocycles. The van der Waals surface area contributed by atoms with Gasteiger partial charge >= 0.3 is 6.18 Å². The lowest BCUT2D eigenvalue weighted by Crippen LogP contribution is -2.48. The van der Waals surface area contributed by atoms with Crippen molar-refractivity contribution in [2.45, 2.75) is 18.8 Å². The maximum absolute atomic E-state index is 12.7. The predicted molar refractivity (Wildman–Crippen MR) is 53.7 cm³/mol. The molecule has 2 heterocycles. The number of hydrogen-bond acceptors (Lipinski definition) is 4. The van der Waals surface area contributed by atoms with Crippen molar-refractivity contribution in [2.75, 3.05) is 19.6 Å². The largest absolute Gasteiger partial charge is 0.422 e. The first kappa shape index (κ1) is 11.3. The molecule has 4 nitrogen and oxygen atoms in total. The third kappa shape index (κ3) is 1.99. The Balaban J connectivity index is 2.20. The molecule has 0 aromatic heterocycles.